The van der Waals surface area contributed by atoms with E-state index < -0.39 is 44.8 Å². The number of aromatic amines is 1. The third-order valence-corrected chi connectivity index (χ3v) is 6.97. The Bertz CT molecular complexity index is 1060. The number of halogens is 1. The number of alkyl halides is 1. The van der Waals surface area contributed by atoms with Gasteiger partial charge in [0.2, 0.25) is 0 Å². The van der Waals surface area contributed by atoms with Crippen molar-refractivity contribution in [2.24, 2.45) is 17.0 Å². The van der Waals surface area contributed by atoms with Crippen LogP contribution in [0.1, 0.15) is 36.9 Å². The predicted octanol–water partition coefficient (Wildman–Crippen LogP) is -0.405. The van der Waals surface area contributed by atoms with Crippen LogP contribution in [0.25, 0.3) is 10.4 Å². The van der Waals surface area contributed by atoms with Gasteiger partial charge in [0.25, 0.3) is 0 Å². The molecule has 3 rings (SSSR count). The van der Waals surface area contributed by atoms with Gasteiger partial charge in [0.15, 0.2) is 0 Å². The molecule has 2 heterocycles. The molecule has 1 aliphatic heterocycles. The monoisotopic (exact) mass is 526 g/mol. The number of ether oxygens (including phenoxy) is 1. The fourth-order valence-electron chi connectivity index (χ4n) is 3.43. The van der Waals surface area contributed by atoms with Gasteiger partial charge in [0.05, 0.1) is 0 Å². The van der Waals surface area contributed by atoms with Crippen molar-refractivity contribution in [1.29, 1.82) is 0 Å². The molecule has 0 amide bonds. The molecular formula is C19H21IN5O5-. The van der Waals surface area contributed by atoms with Crippen LogP contribution in [0, 0.1) is 11.8 Å². The topological polar surface area (TPSA) is 139 Å². The summed E-state index contributed by atoms with van der Waals surface area (Å²) in [6.45, 7) is 3.79. The molecule has 1 fully saturated rings. The summed E-state index contributed by atoms with van der Waals surface area (Å²) in [6, 6.07) is 9.96. The van der Waals surface area contributed by atoms with Gasteiger partial charge < -0.3 is 0 Å². The molecule has 160 valence electrons. The van der Waals surface area contributed by atoms with Gasteiger partial charge in [-0.3, -0.25) is 0 Å². The number of nitrogens with zero attached hydrogens (tertiary/aromatic N) is 4. The maximum absolute atomic E-state index is 12.2. The normalized spacial score (nSPS) is 25.6. The van der Waals surface area contributed by atoms with E-state index in [4.69, 9.17) is 13.3 Å². The number of hydrogen-bond acceptors (Lipinski definition) is 6. The molecule has 0 aliphatic carbocycles. The summed E-state index contributed by atoms with van der Waals surface area (Å²) in [5.41, 5.74) is 7.35. The van der Waals surface area contributed by atoms with Crippen molar-refractivity contribution in [3.8, 4) is 0 Å². The van der Waals surface area contributed by atoms with E-state index in [1.165, 1.54) is 16.8 Å². The van der Waals surface area contributed by atoms with Crippen LogP contribution in [0.15, 0.2) is 57.3 Å². The van der Waals surface area contributed by atoms with Crippen LogP contribution in [0.5, 0.6) is 0 Å². The molecule has 1 aromatic heterocycles. The number of carbonyl (C=O) groups is 1. The van der Waals surface area contributed by atoms with E-state index >= 15 is 0 Å². The van der Waals surface area contributed by atoms with E-state index in [1.807, 2.05) is 19.9 Å². The number of aromatic nitrogens is 2. The minimum atomic E-state index is -1.17. The molecule has 0 saturated carbocycles. The molecule has 4 unspecified atom stereocenters. The van der Waals surface area contributed by atoms with Crippen molar-refractivity contribution in [3.05, 3.63) is 79.4 Å². The quantitative estimate of drug-likeness (QED) is 0.131. The van der Waals surface area contributed by atoms with Gasteiger partial charge in [-0.25, -0.2) is 0 Å². The number of H-pyrrole nitrogens is 1. The Hall–Kier alpha value is -2.63. The first-order chi connectivity index (χ1) is 14.4. The Morgan fingerprint density at radius 2 is 2.07 bits per heavy atom. The zero-order chi connectivity index (χ0) is 21.7. The third kappa shape index (κ3) is 4.58. The summed E-state index contributed by atoms with van der Waals surface area (Å²) < 4.78 is 13.3. The number of carbonyl (C=O) groups excluding carboxylic acids is 1. The number of nitrogens with one attached hydrogen (secondary N) is 1. The van der Waals surface area contributed by atoms with Crippen molar-refractivity contribution in [1.82, 2.24) is 9.55 Å². The van der Waals surface area contributed by atoms with E-state index in [2.05, 4.69) is 15.0 Å². The first-order valence-electron chi connectivity index (χ1n) is 9.29. The summed E-state index contributed by atoms with van der Waals surface area (Å²) in [5, 5.41) is 3.93. The first kappa shape index (κ1) is 22.1. The molecule has 0 bridgehead atoms. The van der Waals surface area contributed by atoms with Crippen LogP contribution < -0.4 is 32.9 Å². The summed E-state index contributed by atoms with van der Waals surface area (Å²) in [7, 11) is 0. The van der Waals surface area contributed by atoms with E-state index in [-0.39, 0.29) is 17.8 Å². The van der Waals surface area contributed by atoms with Gasteiger partial charge >= 0.3 is 183 Å². The van der Waals surface area contributed by atoms with Crippen LogP contribution in [-0.2, 0) is 7.80 Å². The van der Waals surface area contributed by atoms with Crippen molar-refractivity contribution in [2.75, 3.05) is 4.43 Å². The van der Waals surface area contributed by atoms with Gasteiger partial charge in [-0.1, -0.05) is 0 Å². The molecule has 0 spiro atoms. The van der Waals surface area contributed by atoms with Crippen molar-refractivity contribution in [3.63, 3.8) is 0 Å². The standard InChI is InChI=1S/C19H21IN5O5/c1-12-13(2)19(23-24-21,29-16(12)25-11-8-15(26)22-18(25)28)9-10-20-30-17(27)14-6-4-3-5-7-14/h3-8,11-13,16H,9-10H2,1-2H3,(H,22,26,28)/q-1. The van der Waals surface area contributed by atoms with Crippen LogP contribution >= 0.6 is 0 Å². The minimum absolute atomic E-state index is 0.163. The van der Waals surface area contributed by atoms with Gasteiger partial charge in [0.1, 0.15) is 0 Å². The fraction of sp³-hybridized carbons (Fsp3) is 0.421. The van der Waals surface area contributed by atoms with E-state index in [0.29, 0.717) is 16.4 Å². The molecule has 30 heavy (non-hydrogen) atoms. The van der Waals surface area contributed by atoms with Crippen molar-refractivity contribution >= 4 is 5.97 Å². The molecule has 1 aliphatic rings. The van der Waals surface area contributed by atoms with E-state index in [0.717, 1.165) is 0 Å². The zero-order valence-electron chi connectivity index (χ0n) is 16.4. The van der Waals surface area contributed by atoms with Crippen molar-refractivity contribution in [2.45, 2.75) is 32.2 Å². The molecule has 10 nitrogen and oxygen atoms in total. The van der Waals surface area contributed by atoms with Crippen LogP contribution in [-0.4, -0.2) is 25.7 Å². The Morgan fingerprint density at radius 3 is 2.73 bits per heavy atom. The molecule has 4 atom stereocenters. The molecule has 2 aromatic rings. The molecular weight excluding hydrogens is 505 g/mol. The Labute approximate surface area is 182 Å². The first-order valence-corrected chi connectivity index (χ1v) is 11.7. The number of azide groups is 1. The van der Waals surface area contributed by atoms with Crippen LogP contribution in [0.3, 0.4) is 0 Å². The summed E-state index contributed by atoms with van der Waals surface area (Å²) >= 11 is -0.946. The number of hydrogen-bond donors (Lipinski definition) is 1. The van der Waals surface area contributed by atoms with Gasteiger partial charge in [-0.05, 0) is 0 Å². The molecule has 11 heteroatoms. The fourth-order valence-corrected chi connectivity index (χ4v) is 5.18. The number of benzene rings is 1. The van der Waals surface area contributed by atoms with Crippen molar-refractivity contribution < 1.29 is 34.2 Å². The van der Waals surface area contributed by atoms with Crippen LogP contribution in [0.2, 0.25) is 0 Å². The zero-order valence-corrected chi connectivity index (χ0v) is 18.6. The average Bonchev–Trinajstić information content (AvgIpc) is 2.97. The summed E-state index contributed by atoms with van der Waals surface area (Å²) in [5.74, 6) is -0.747. The Morgan fingerprint density at radius 1 is 1.33 bits per heavy atom. The summed E-state index contributed by atoms with van der Waals surface area (Å²) in [6.07, 6.45) is 1.03. The third-order valence-electron chi connectivity index (χ3n) is 5.28. The molecule has 0 radical (unpaired) electrons. The Kier molecular flexibility index (Phi) is 6.95. The van der Waals surface area contributed by atoms with Gasteiger partial charge in [-0.15, -0.1) is 0 Å². The summed E-state index contributed by atoms with van der Waals surface area (Å²) in [4.78, 5) is 40.8. The van der Waals surface area contributed by atoms with Gasteiger partial charge in [0, 0.05) is 0 Å². The average molecular weight is 526 g/mol. The molecule has 1 N–H and O–H groups in total. The van der Waals surface area contributed by atoms with Gasteiger partial charge in [-0.2, -0.15) is 0 Å². The second kappa shape index (κ2) is 9.45. The Balaban J connectivity index is 1.70. The van der Waals surface area contributed by atoms with Crippen LogP contribution in [0.4, 0.5) is 0 Å². The second-order valence-electron chi connectivity index (χ2n) is 6.99. The predicted molar refractivity (Wildman–Crippen MR) is 103 cm³/mol. The van der Waals surface area contributed by atoms with E-state index in [1.54, 1.807) is 24.3 Å². The second-order valence-corrected chi connectivity index (χ2v) is 9.13. The molecule has 1 aromatic carbocycles. The molecule has 1 saturated heterocycles. The van der Waals surface area contributed by atoms with E-state index in [9.17, 15) is 14.4 Å². The maximum atomic E-state index is 12.2. The SMILES string of the molecule is CC1C(n2ccc(=O)[nH]c2=O)OC(CC[I-]OC(=O)c2ccccc2)(N=[N+]=[N-])C1C. The number of rotatable bonds is 7.